The minimum Gasteiger partial charge on any atom is -0.461 e. The van der Waals surface area contributed by atoms with Crippen LogP contribution in [-0.2, 0) is 10.7 Å². The molecule has 0 fully saturated rings. The van der Waals surface area contributed by atoms with Gasteiger partial charge in [-0.3, -0.25) is 0 Å². The molecule has 0 bridgehead atoms. The predicted octanol–water partition coefficient (Wildman–Crippen LogP) is 1.87. The van der Waals surface area contributed by atoms with Crippen molar-refractivity contribution < 1.29 is 9.53 Å². The molecule has 0 aliphatic rings. The summed E-state index contributed by atoms with van der Waals surface area (Å²) in [6.45, 7) is 5.78. The third-order valence-corrected chi connectivity index (χ3v) is 2.24. The number of halogens is 1. The summed E-state index contributed by atoms with van der Waals surface area (Å²) in [5.41, 5.74) is 2.07. The first-order chi connectivity index (χ1) is 6.61. The Bertz CT molecular complexity index is 347. The Kier molecular flexibility index (Phi) is 3.52. The lowest BCUT2D eigenvalue weighted by molar-refractivity contribution is 0.0512. The smallest absolute Gasteiger partial charge is 0.356 e. The Balaban J connectivity index is 3.10. The molecule has 0 radical (unpaired) electrons. The van der Waals surface area contributed by atoms with E-state index >= 15 is 0 Å². The zero-order valence-corrected chi connectivity index (χ0v) is 9.26. The van der Waals surface area contributed by atoms with E-state index in [0.29, 0.717) is 12.3 Å². The fourth-order valence-corrected chi connectivity index (χ4v) is 1.39. The van der Waals surface area contributed by atoms with Crippen molar-refractivity contribution in [3.8, 4) is 0 Å². The average Bonchev–Trinajstić information content (AvgIpc) is 2.43. The second-order valence-electron chi connectivity index (χ2n) is 2.90. The molecule has 0 aliphatic heterocycles. The normalized spacial score (nSPS) is 10.3. The van der Waals surface area contributed by atoms with E-state index in [1.165, 1.54) is 4.68 Å². The summed E-state index contributed by atoms with van der Waals surface area (Å²) in [6, 6.07) is 0.156. The number of hydrogen-bond donors (Lipinski definition) is 0. The van der Waals surface area contributed by atoms with Crippen molar-refractivity contribution in [3.63, 3.8) is 0 Å². The molecule has 0 N–H and O–H groups in total. The van der Waals surface area contributed by atoms with Gasteiger partial charge in [0.15, 0.2) is 5.69 Å². The van der Waals surface area contributed by atoms with Gasteiger partial charge in [0.05, 0.1) is 12.3 Å². The van der Waals surface area contributed by atoms with Crippen LogP contribution in [0.15, 0.2) is 0 Å². The molecule has 0 aromatic carbocycles. The topological polar surface area (TPSA) is 44.1 Å². The number of rotatable bonds is 3. The van der Waals surface area contributed by atoms with Crippen LogP contribution in [0.2, 0.25) is 0 Å². The van der Waals surface area contributed by atoms with Gasteiger partial charge in [-0.2, -0.15) is 5.10 Å². The van der Waals surface area contributed by atoms with Crippen LogP contribution < -0.4 is 0 Å². The standard InChI is InChI=1S/C9H13ClN2O2/c1-4-14-9(13)8-6(2)7(3)11-12(8)5-10/h4-5H2,1-3H3. The molecular formula is C9H13ClN2O2. The van der Waals surface area contributed by atoms with Crippen molar-refractivity contribution in [2.75, 3.05) is 6.61 Å². The maximum absolute atomic E-state index is 11.5. The third kappa shape index (κ3) is 1.90. The maximum Gasteiger partial charge on any atom is 0.356 e. The van der Waals surface area contributed by atoms with Gasteiger partial charge in [0, 0.05) is 5.56 Å². The van der Waals surface area contributed by atoms with Gasteiger partial charge in [0.1, 0.15) is 6.00 Å². The van der Waals surface area contributed by atoms with E-state index in [1.807, 2.05) is 13.8 Å². The monoisotopic (exact) mass is 216 g/mol. The Labute approximate surface area is 87.8 Å². The molecule has 0 spiro atoms. The lowest BCUT2D eigenvalue weighted by Gasteiger charge is -2.03. The van der Waals surface area contributed by atoms with Crippen molar-refractivity contribution in [1.82, 2.24) is 9.78 Å². The van der Waals surface area contributed by atoms with Gasteiger partial charge in [-0.15, -0.1) is 11.6 Å². The number of carbonyl (C=O) groups excluding carboxylic acids is 1. The second kappa shape index (κ2) is 4.46. The first-order valence-electron chi connectivity index (χ1n) is 4.38. The third-order valence-electron chi connectivity index (χ3n) is 2.01. The summed E-state index contributed by atoms with van der Waals surface area (Å²) in [4.78, 5) is 11.5. The Morgan fingerprint density at radius 1 is 1.57 bits per heavy atom. The number of alkyl halides is 1. The first-order valence-corrected chi connectivity index (χ1v) is 4.92. The van der Waals surface area contributed by atoms with E-state index in [0.717, 1.165) is 11.3 Å². The fourth-order valence-electron chi connectivity index (χ4n) is 1.22. The van der Waals surface area contributed by atoms with Gasteiger partial charge in [0.2, 0.25) is 0 Å². The van der Waals surface area contributed by atoms with E-state index in [-0.39, 0.29) is 12.0 Å². The van der Waals surface area contributed by atoms with Crippen LogP contribution in [0.4, 0.5) is 0 Å². The minimum absolute atomic E-state index is 0.156. The summed E-state index contributed by atoms with van der Waals surface area (Å²) in [5, 5.41) is 4.12. The molecule has 0 unspecified atom stereocenters. The van der Waals surface area contributed by atoms with Crippen LogP contribution in [-0.4, -0.2) is 22.4 Å². The maximum atomic E-state index is 11.5. The number of carbonyl (C=O) groups is 1. The van der Waals surface area contributed by atoms with Gasteiger partial charge < -0.3 is 4.74 Å². The number of aryl methyl sites for hydroxylation is 1. The van der Waals surface area contributed by atoms with E-state index in [9.17, 15) is 4.79 Å². The molecule has 0 saturated heterocycles. The molecule has 4 nitrogen and oxygen atoms in total. The zero-order chi connectivity index (χ0) is 10.7. The van der Waals surface area contributed by atoms with Crippen LogP contribution in [0, 0.1) is 13.8 Å². The van der Waals surface area contributed by atoms with Crippen molar-refractivity contribution in [2.24, 2.45) is 0 Å². The van der Waals surface area contributed by atoms with Gasteiger partial charge in [-0.1, -0.05) is 0 Å². The highest BCUT2D eigenvalue weighted by atomic mass is 35.5. The second-order valence-corrected chi connectivity index (χ2v) is 3.14. The predicted molar refractivity (Wildman–Crippen MR) is 53.5 cm³/mol. The fraction of sp³-hybridized carbons (Fsp3) is 0.556. The van der Waals surface area contributed by atoms with Gasteiger partial charge >= 0.3 is 5.97 Å². The highest BCUT2D eigenvalue weighted by Crippen LogP contribution is 2.14. The van der Waals surface area contributed by atoms with Gasteiger partial charge in [-0.25, -0.2) is 9.48 Å². The molecule has 1 rings (SSSR count). The SMILES string of the molecule is CCOC(=O)c1c(C)c(C)nn1CCl. The molecule has 0 atom stereocenters. The van der Waals surface area contributed by atoms with Crippen LogP contribution in [0.25, 0.3) is 0 Å². The van der Waals surface area contributed by atoms with E-state index < -0.39 is 0 Å². The van der Waals surface area contributed by atoms with Crippen molar-refractivity contribution in [2.45, 2.75) is 26.8 Å². The summed E-state index contributed by atoms with van der Waals surface area (Å²) in [6.07, 6.45) is 0. The Hall–Kier alpha value is -1.03. The molecule has 5 heteroatoms. The Morgan fingerprint density at radius 2 is 2.21 bits per heavy atom. The van der Waals surface area contributed by atoms with E-state index in [1.54, 1.807) is 6.92 Å². The number of hydrogen-bond acceptors (Lipinski definition) is 3. The quantitative estimate of drug-likeness (QED) is 0.572. The van der Waals surface area contributed by atoms with Gasteiger partial charge in [0.25, 0.3) is 0 Å². The Morgan fingerprint density at radius 3 is 2.71 bits per heavy atom. The van der Waals surface area contributed by atoms with Crippen molar-refractivity contribution >= 4 is 17.6 Å². The zero-order valence-electron chi connectivity index (χ0n) is 8.50. The molecule has 1 heterocycles. The first kappa shape index (κ1) is 11.0. The number of aromatic nitrogens is 2. The summed E-state index contributed by atoms with van der Waals surface area (Å²) < 4.78 is 6.35. The van der Waals surface area contributed by atoms with Crippen molar-refractivity contribution in [3.05, 3.63) is 17.0 Å². The summed E-state index contributed by atoms with van der Waals surface area (Å²) in [5.74, 6) is -0.369. The molecule has 1 aromatic rings. The number of nitrogens with zero attached hydrogens (tertiary/aromatic N) is 2. The van der Waals surface area contributed by atoms with Gasteiger partial charge in [-0.05, 0) is 20.8 Å². The number of esters is 1. The van der Waals surface area contributed by atoms with Crippen LogP contribution in [0.1, 0.15) is 28.7 Å². The molecule has 14 heavy (non-hydrogen) atoms. The van der Waals surface area contributed by atoms with E-state index in [4.69, 9.17) is 16.3 Å². The average molecular weight is 217 g/mol. The highest BCUT2D eigenvalue weighted by Gasteiger charge is 2.19. The van der Waals surface area contributed by atoms with Crippen LogP contribution >= 0.6 is 11.6 Å². The largest absolute Gasteiger partial charge is 0.461 e. The van der Waals surface area contributed by atoms with Crippen LogP contribution in [0.5, 0.6) is 0 Å². The molecule has 0 amide bonds. The van der Waals surface area contributed by atoms with Crippen LogP contribution in [0.3, 0.4) is 0 Å². The highest BCUT2D eigenvalue weighted by molar-refractivity contribution is 6.15. The summed E-state index contributed by atoms with van der Waals surface area (Å²) >= 11 is 5.65. The lowest BCUT2D eigenvalue weighted by Crippen LogP contribution is -2.12. The molecule has 78 valence electrons. The minimum atomic E-state index is -0.369. The molecule has 0 aliphatic carbocycles. The van der Waals surface area contributed by atoms with Crippen molar-refractivity contribution in [1.29, 1.82) is 0 Å². The van der Waals surface area contributed by atoms with E-state index in [2.05, 4.69) is 5.10 Å². The molecule has 0 saturated carbocycles. The number of ether oxygens (including phenoxy) is 1. The molecule has 1 aromatic heterocycles. The molecular weight excluding hydrogens is 204 g/mol. The lowest BCUT2D eigenvalue weighted by atomic mass is 10.2. The summed E-state index contributed by atoms with van der Waals surface area (Å²) in [7, 11) is 0.